The van der Waals surface area contributed by atoms with Crippen molar-refractivity contribution in [2.24, 2.45) is 0 Å². The summed E-state index contributed by atoms with van der Waals surface area (Å²) in [5.41, 5.74) is 6.78. The van der Waals surface area contributed by atoms with Gasteiger partial charge in [-0.15, -0.1) is 0 Å². The van der Waals surface area contributed by atoms with Gasteiger partial charge in [-0.3, -0.25) is 10.1 Å². The molecule has 0 aliphatic heterocycles. The second kappa shape index (κ2) is 6.41. The van der Waals surface area contributed by atoms with E-state index in [0.29, 0.717) is 6.04 Å². The molecule has 1 saturated carbocycles. The highest BCUT2D eigenvalue weighted by Crippen LogP contribution is 2.27. The van der Waals surface area contributed by atoms with Gasteiger partial charge in [0.1, 0.15) is 5.69 Å². The zero-order valence-corrected chi connectivity index (χ0v) is 11.1. The summed E-state index contributed by atoms with van der Waals surface area (Å²) in [6.07, 6.45) is 8.78. The summed E-state index contributed by atoms with van der Waals surface area (Å²) < 4.78 is 0. The maximum atomic E-state index is 10.7. The van der Waals surface area contributed by atoms with E-state index in [0.717, 1.165) is 18.5 Å². The predicted octanol–water partition coefficient (Wildman–Crippen LogP) is 3.70. The van der Waals surface area contributed by atoms with Crippen LogP contribution in [0.3, 0.4) is 0 Å². The van der Waals surface area contributed by atoms with Crippen molar-refractivity contribution in [3.63, 3.8) is 0 Å². The van der Waals surface area contributed by atoms with Crippen LogP contribution in [0.2, 0.25) is 0 Å². The van der Waals surface area contributed by atoms with Gasteiger partial charge in [0.25, 0.3) is 5.69 Å². The number of nitrogens with two attached hydrogens (primary N) is 1. The number of anilines is 2. The summed E-state index contributed by atoms with van der Waals surface area (Å²) in [4.78, 5) is 10.3. The van der Waals surface area contributed by atoms with E-state index in [4.69, 9.17) is 5.73 Å². The summed E-state index contributed by atoms with van der Waals surface area (Å²) in [5, 5.41) is 14.2. The highest BCUT2D eigenvalue weighted by Gasteiger charge is 2.14. The molecule has 1 aliphatic rings. The molecule has 0 radical (unpaired) electrons. The molecule has 1 aliphatic carbocycles. The summed E-state index contributed by atoms with van der Waals surface area (Å²) in [7, 11) is 0. The fourth-order valence-electron chi connectivity index (χ4n) is 2.65. The lowest BCUT2D eigenvalue weighted by molar-refractivity contribution is -0.383. The molecule has 5 heteroatoms. The first-order chi connectivity index (χ1) is 9.16. The van der Waals surface area contributed by atoms with Crippen LogP contribution in [0.15, 0.2) is 18.2 Å². The molecule has 1 aromatic carbocycles. The minimum absolute atomic E-state index is 0.0248. The quantitative estimate of drug-likeness (QED) is 0.495. The van der Waals surface area contributed by atoms with Crippen LogP contribution in [-0.4, -0.2) is 11.0 Å². The van der Waals surface area contributed by atoms with Gasteiger partial charge in [-0.25, -0.2) is 0 Å². The third kappa shape index (κ3) is 3.84. The van der Waals surface area contributed by atoms with Crippen LogP contribution in [0.1, 0.15) is 44.9 Å². The Hall–Kier alpha value is -1.78. The van der Waals surface area contributed by atoms with Gasteiger partial charge in [0.15, 0.2) is 0 Å². The van der Waals surface area contributed by atoms with Gasteiger partial charge < -0.3 is 11.1 Å². The molecule has 104 valence electrons. The monoisotopic (exact) mass is 263 g/mol. The second-order valence-electron chi connectivity index (χ2n) is 5.22. The molecule has 0 spiro atoms. The van der Waals surface area contributed by atoms with Crippen molar-refractivity contribution in [3.8, 4) is 0 Å². The molecule has 19 heavy (non-hydrogen) atoms. The van der Waals surface area contributed by atoms with Crippen LogP contribution in [0.5, 0.6) is 0 Å². The normalized spacial score (nSPS) is 17.5. The van der Waals surface area contributed by atoms with Crippen LogP contribution in [0, 0.1) is 10.1 Å². The van der Waals surface area contributed by atoms with E-state index in [1.807, 2.05) is 0 Å². The molecule has 2 rings (SSSR count). The van der Waals surface area contributed by atoms with Gasteiger partial charge >= 0.3 is 0 Å². The molecular weight excluding hydrogens is 242 g/mol. The van der Waals surface area contributed by atoms with E-state index in [1.54, 1.807) is 12.1 Å². The Kier molecular flexibility index (Phi) is 4.60. The predicted molar refractivity (Wildman–Crippen MR) is 77.2 cm³/mol. The van der Waals surface area contributed by atoms with E-state index < -0.39 is 4.92 Å². The molecule has 0 saturated heterocycles. The van der Waals surface area contributed by atoms with Gasteiger partial charge in [-0.05, 0) is 25.0 Å². The maximum absolute atomic E-state index is 10.7. The Morgan fingerprint density at radius 3 is 2.37 bits per heavy atom. The van der Waals surface area contributed by atoms with Gasteiger partial charge in [0, 0.05) is 17.8 Å². The molecule has 0 heterocycles. The van der Waals surface area contributed by atoms with Crippen LogP contribution >= 0.6 is 0 Å². The van der Waals surface area contributed by atoms with E-state index in [-0.39, 0.29) is 11.4 Å². The number of benzene rings is 1. The lowest BCUT2D eigenvalue weighted by atomic mass is 9.96. The summed E-state index contributed by atoms with van der Waals surface area (Å²) in [6, 6.07) is 5.34. The number of rotatable bonds is 3. The molecule has 5 nitrogen and oxygen atoms in total. The Labute approximate surface area is 113 Å². The summed E-state index contributed by atoms with van der Waals surface area (Å²) in [5.74, 6) is 0. The number of nitrogens with zero attached hydrogens (tertiary/aromatic N) is 1. The fourth-order valence-corrected chi connectivity index (χ4v) is 2.65. The van der Waals surface area contributed by atoms with Gasteiger partial charge in [-0.2, -0.15) is 0 Å². The number of nitro groups is 1. The Morgan fingerprint density at radius 2 is 1.79 bits per heavy atom. The standard InChI is InChI=1S/C14H21N3O2/c15-13-10-12(8-9-14(13)17(18)19)16-11-6-4-2-1-3-5-7-11/h8-11,16H,1-7,15H2. The summed E-state index contributed by atoms with van der Waals surface area (Å²) >= 11 is 0. The second-order valence-corrected chi connectivity index (χ2v) is 5.22. The molecule has 3 N–H and O–H groups in total. The van der Waals surface area contributed by atoms with E-state index in [9.17, 15) is 10.1 Å². The third-order valence-corrected chi connectivity index (χ3v) is 3.70. The SMILES string of the molecule is Nc1cc(NC2CCCCCCC2)ccc1[N+](=O)[O-]. The van der Waals surface area contributed by atoms with Crippen molar-refractivity contribution in [1.29, 1.82) is 0 Å². The number of nitro benzene ring substituents is 1. The smallest absolute Gasteiger partial charge is 0.292 e. The number of hydrogen-bond acceptors (Lipinski definition) is 4. The molecule has 0 unspecified atom stereocenters. The van der Waals surface area contributed by atoms with Crippen LogP contribution < -0.4 is 11.1 Å². The van der Waals surface area contributed by atoms with Crippen LogP contribution in [0.25, 0.3) is 0 Å². The molecule has 0 amide bonds. The van der Waals surface area contributed by atoms with E-state index in [2.05, 4.69) is 5.32 Å². The zero-order valence-electron chi connectivity index (χ0n) is 11.1. The van der Waals surface area contributed by atoms with Crippen molar-refractivity contribution in [3.05, 3.63) is 28.3 Å². The minimum atomic E-state index is -0.449. The van der Waals surface area contributed by atoms with Crippen molar-refractivity contribution in [2.45, 2.75) is 51.0 Å². The maximum Gasteiger partial charge on any atom is 0.292 e. The average Bonchev–Trinajstić information content (AvgIpc) is 2.32. The van der Waals surface area contributed by atoms with Crippen LogP contribution in [-0.2, 0) is 0 Å². The Balaban J connectivity index is 2.01. The van der Waals surface area contributed by atoms with Crippen molar-refractivity contribution >= 4 is 17.1 Å². The molecular formula is C14H21N3O2. The first kappa shape index (κ1) is 13.6. The lowest BCUT2D eigenvalue weighted by Gasteiger charge is -2.22. The fraction of sp³-hybridized carbons (Fsp3) is 0.571. The van der Waals surface area contributed by atoms with Crippen LogP contribution in [0.4, 0.5) is 17.1 Å². The molecule has 1 aromatic rings. The minimum Gasteiger partial charge on any atom is -0.393 e. The number of nitrogen functional groups attached to an aromatic ring is 1. The average molecular weight is 263 g/mol. The topological polar surface area (TPSA) is 81.2 Å². The number of nitrogens with one attached hydrogen (secondary N) is 1. The van der Waals surface area contributed by atoms with Gasteiger partial charge in [0.05, 0.1) is 4.92 Å². The van der Waals surface area contributed by atoms with Crippen molar-refractivity contribution in [2.75, 3.05) is 11.1 Å². The molecule has 0 aromatic heterocycles. The highest BCUT2D eigenvalue weighted by atomic mass is 16.6. The largest absolute Gasteiger partial charge is 0.393 e. The number of hydrogen-bond donors (Lipinski definition) is 2. The van der Waals surface area contributed by atoms with E-state index >= 15 is 0 Å². The Morgan fingerprint density at radius 1 is 1.16 bits per heavy atom. The van der Waals surface area contributed by atoms with Crippen molar-refractivity contribution in [1.82, 2.24) is 0 Å². The lowest BCUT2D eigenvalue weighted by Crippen LogP contribution is -2.20. The van der Waals surface area contributed by atoms with Gasteiger partial charge in [0.2, 0.25) is 0 Å². The van der Waals surface area contributed by atoms with Gasteiger partial charge in [-0.1, -0.05) is 32.1 Å². The molecule has 0 atom stereocenters. The molecule has 0 bridgehead atoms. The molecule has 1 fully saturated rings. The summed E-state index contributed by atoms with van der Waals surface area (Å²) in [6.45, 7) is 0. The van der Waals surface area contributed by atoms with E-state index in [1.165, 1.54) is 38.2 Å². The highest BCUT2D eigenvalue weighted by molar-refractivity contribution is 5.66. The zero-order chi connectivity index (χ0) is 13.7. The van der Waals surface area contributed by atoms with Crippen molar-refractivity contribution < 1.29 is 4.92 Å². The first-order valence-electron chi connectivity index (χ1n) is 6.97. The first-order valence-corrected chi connectivity index (χ1v) is 6.97. The third-order valence-electron chi connectivity index (χ3n) is 3.70. The Bertz CT molecular complexity index is 440.